The van der Waals surface area contributed by atoms with Crippen molar-refractivity contribution in [3.05, 3.63) is 41.5 Å². The molecule has 2 aliphatic carbocycles. The van der Waals surface area contributed by atoms with E-state index >= 15 is 0 Å². The van der Waals surface area contributed by atoms with Gasteiger partial charge in [0.05, 0.1) is 7.11 Å². The van der Waals surface area contributed by atoms with E-state index in [9.17, 15) is 9.59 Å². The molecule has 2 amide bonds. The summed E-state index contributed by atoms with van der Waals surface area (Å²) in [6.45, 7) is 0.492. The van der Waals surface area contributed by atoms with Gasteiger partial charge in [0.25, 0.3) is 0 Å². The predicted octanol–water partition coefficient (Wildman–Crippen LogP) is 4.75. The third-order valence-corrected chi connectivity index (χ3v) is 6.42. The van der Waals surface area contributed by atoms with Crippen LogP contribution in [-0.2, 0) is 9.59 Å². The van der Waals surface area contributed by atoms with Gasteiger partial charge < -0.3 is 15.0 Å². The Hall–Kier alpha value is -2.01. The summed E-state index contributed by atoms with van der Waals surface area (Å²) in [5.41, 5.74) is 2.15. The maximum absolute atomic E-state index is 13.4. The van der Waals surface area contributed by atoms with E-state index in [0.29, 0.717) is 6.54 Å². The molecule has 0 aliphatic heterocycles. The van der Waals surface area contributed by atoms with E-state index in [1.807, 2.05) is 24.3 Å². The third-order valence-electron chi connectivity index (χ3n) is 6.19. The van der Waals surface area contributed by atoms with Crippen LogP contribution in [-0.4, -0.2) is 42.3 Å². The van der Waals surface area contributed by atoms with Crippen LogP contribution in [0.15, 0.2) is 35.9 Å². The molecule has 5 nitrogen and oxygen atoms in total. The van der Waals surface area contributed by atoms with Crippen molar-refractivity contribution in [3.8, 4) is 5.75 Å². The number of rotatable bonds is 9. The lowest BCUT2D eigenvalue weighted by Crippen LogP contribution is -2.47. The summed E-state index contributed by atoms with van der Waals surface area (Å²) < 4.78 is 5.26. The fourth-order valence-electron chi connectivity index (χ4n) is 4.48. The van der Waals surface area contributed by atoms with Crippen molar-refractivity contribution in [2.24, 2.45) is 0 Å². The van der Waals surface area contributed by atoms with Gasteiger partial charge in [-0.15, -0.1) is 11.6 Å². The van der Waals surface area contributed by atoms with Crippen molar-refractivity contribution in [1.82, 2.24) is 10.2 Å². The fraction of sp³-hybridized carbons (Fsp3) is 0.583. The number of nitrogens with one attached hydrogen (secondary N) is 1. The van der Waals surface area contributed by atoms with E-state index in [-0.39, 0.29) is 23.7 Å². The Morgan fingerprint density at radius 1 is 1.17 bits per heavy atom. The van der Waals surface area contributed by atoms with Gasteiger partial charge in [0.15, 0.2) is 0 Å². The first-order valence-corrected chi connectivity index (χ1v) is 11.6. The molecule has 3 rings (SSSR count). The normalized spacial score (nSPS) is 17.9. The standard InChI is InChI=1S/C24H33ClN2O3/c1-30-21-13-11-19(12-14-21)23(24(29)26-20-9-5-6-10-20)27(22(28)17-25)16-15-18-7-3-2-4-8-18/h7,11-14,20,23H,2-6,8-10,15-17H2,1H3,(H,26,29)/t23-/m0/s1. The fourth-order valence-corrected chi connectivity index (χ4v) is 4.63. The summed E-state index contributed by atoms with van der Waals surface area (Å²) in [5, 5.41) is 3.18. The van der Waals surface area contributed by atoms with E-state index in [4.69, 9.17) is 16.3 Å². The molecule has 30 heavy (non-hydrogen) atoms. The second-order valence-corrected chi connectivity index (χ2v) is 8.51. The van der Waals surface area contributed by atoms with Crippen LogP contribution in [0.1, 0.15) is 69.4 Å². The van der Waals surface area contributed by atoms with Crippen molar-refractivity contribution in [3.63, 3.8) is 0 Å². The van der Waals surface area contributed by atoms with Crippen LogP contribution in [0.3, 0.4) is 0 Å². The number of alkyl halides is 1. The molecule has 1 aromatic carbocycles. The number of allylic oxidation sites excluding steroid dienone is 1. The molecule has 0 saturated heterocycles. The van der Waals surface area contributed by atoms with E-state index in [0.717, 1.165) is 56.3 Å². The van der Waals surface area contributed by atoms with Gasteiger partial charge in [-0.2, -0.15) is 0 Å². The highest BCUT2D eigenvalue weighted by Crippen LogP contribution is 2.28. The maximum Gasteiger partial charge on any atom is 0.247 e. The van der Waals surface area contributed by atoms with Crippen molar-refractivity contribution in [1.29, 1.82) is 0 Å². The largest absolute Gasteiger partial charge is 0.497 e. The molecule has 0 bridgehead atoms. The maximum atomic E-state index is 13.4. The Bertz CT molecular complexity index is 741. The highest BCUT2D eigenvalue weighted by molar-refractivity contribution is 6.27. The number of halogens is 1. The van der Waals surface area contributed by atoms with Gasteiger partial charge in [-0.1, -0.05) is 36.6 Å². The number of amides is 2. The molecular weight excluding hydrogens is 400 g/mol. The Labute approximate surface area is 184 Å². The zero-order valence-corrected chi connectivity index (χ0v) is 18.6. The summed E-state index contributed by atoms with van der Waals surface area (Å²) in [4.78, 5) is 27.9. The van der Waals surface area contributed by atoms with Crippen LogP contribution in [0.2, 0.25) is 0 Å². The van der Waals surface area contributed by atoms with Gasteiger partial charge in [-0.25, -0.2) is 0 Å². The summed E-state index contributed by atoms with van der Waals surface area (Å²) in [5.74, 6) is 0.248. The molecule has 164 valence electrons. The molecule has 0 heterocycles. The molecule has 1 aromatic rings. The van der Waals surface area contributed by atoms with Gasteiger partial charge in [0.2, 0.25) is 11.8 Å². The number of methoxy groups -OCH3 is 1. The van der Waals surface area contributed by atoms with Gasteiger partial charge in [-0.05, 0) is 62.6 Å². The monoisotopic (exact) mass is 432 g/mol. The van der Waals surface area contributed by atoms with Crippen LogP contribution >= 0.6 is 11.6 Å². The predicted molar refractivity (Wildman–Crippen MR) is 120 cm³/mol. The van der Waals surface area contributed by atoms with Crippen LogP contribution in [0, 0.1) is 0 Å². The lowest BCUT2D eigenvalue weighted by Gasteiger charge is -2.32. The van der Waals surface area contributed by atoms with Gasteiger partial charge in [0, 0.05) is 12.6 Å². The second kappa shape index (κ2) is 11.4. The number of benzene rings is 1. The molecule has 1 fully saturated rings. The summed E-state index contributed by atoms with van der Waals surface area (Å²) >= 11 is 5.96. The Morgan fingerprint density at radius 2 is 1.90 bits per heavy atom. The lowest BCUT2D eigenvalue weighted by atomic mass is 9.96. The average Bonchev–Trinajstić information content (AvgIpc) is 3.30. The zero-order chi connectivity index (χ0) is 21.3. The lowest BCUT2D eigenvalue weighted by molar-refractivity contribution is -0.139. The number of hydrogen-bond donors (Lipinski definition) is 1. The molecular formula is C24H33ClN2O3. The molecule has 0 spiro atoms. The van der Waals surface area contributed by atoms with Gasteiger partial charge in [0.1, 0.15) is 17.7 Å². The Balaban J connectivity index is 1.84. The Morgan fingerprint density at radius 3 is 2.50 bits per heavy atom. The van der Waals surface area contributed by atoms with Crippen LogP contribution in [0.25, 0.3) is 0 Å². The van der Waals surface area contributed by atoms with E-state index in [2.05, 4.69) is 11.4 Å². The minimum absolute atomic E-state index is 0.122. The average molecular weight is 433 g/mol. The molecule has 0 unspecified atom stereocenters. The van der Waals surface area contributed by atoms with Gasteiger partial charge in [-0.3, -0.25) is 9.59 Å². The number of carbonyl (C=O) groups excluding carboxylic acids is 2. The first-order chi connectivity index (χ1) is 14.6. The van der Waals surface area contributed by atoms with Crippen molar-refractivity contribution >= 4 is 23.4 Å². The van der Waals surface area contributed by atoms with Crippen LogP contribution in [0.5, 0.6) is 5.75 Å². The number of hydrogen-bond acceptors (Lipinski definition) is 3. The molecule has 1 atom stereocenters. The van der Waals surface area contributed by atoms with Crippen LogP contribution < -0.4 is 10.1 Å². The minimum Gasteiger partial charge on any atom is -0.497 e. The van der Waals surface area contributed by atoms with Crippen molar-refractivity contribution in [2.75, 3.05) is 19.5 Å². The highest BCUT2D eigenvalue weighted by Gasteiger charge is 2.32. The van der Waals surface area contributed by atoms with E-state index in [1.165, 1.54) is 18.4 Å². The number of nitrogens with zero attached hydrogens (tertiary/aromatic N) is 1. The first-order valence-electron chi connectivity index (χ1n) is 11.1. The van der Waals surface area contributed by atoms with Crippen molar-refractivity contribution < 1.29 is 14.3 Å². The van der Waals surface area contributed by atoms with E-state index in [1.54, 1.807) is 12.0 Å². The molecule has 0 radical (unpaired) electrons. The smallest absolute Gasteiger partial charge is 0.247 e. The molecule has 6 heteroatoms. The SMILES string of the molecule is COc1ccc([C@@H](C(=O)NC2CCCC2)N(CCC2=CCCCC2)C(=O)CCl)cc1. The highest BCUT2D eigenvalue weighted by atomic mass is 35.5. The molecule has 1 saturated carbocycles. The molecule has 0 aromatic heterocycles. The molecule has 2 aliphatic rings. The summed E-state index contributed by atoms with van der Waals surface area (Å²) in [6.07, 6.45) is 11.9. The summed E-state index contributed by atoms with van der Waals surface area (Å²) in [6, 6.07) is 6.90. The summed E-state index contributed by atoms with van der Waals surface area (Å²) in [7, 11) is 1.61. The zero-order valence-electron chi connectivity index (χ0n) is 17.9. The van der Waals surface area contributed by atoms with E-state index < -0.39 is 6.04 Å². The Kier molecular flexibility index (Phi) is 8.61. The second-order valence-electron chi connectivity index (χ2n) is 8.24. The topological polar surface area (TPSA) is 58.6 Å². The quantitative estimate of drug-likeness (QED) is 0.452. The first kappa shape index (κ1) is 22.7. The van der Waals surface area contributed by atoms with Crippen LogP contribution in [0.4, 0.5) is 0 Å². The minimum atomic E-state index is -0.688. The number of carbonyl (C=O) groups is 2. The van der Waals surface area contributed by atoms with Crippen molar-refractivity contribution in [2.45, 2.75) is 69.9 Å². The third kappa shape index (κ3) is 6.00. The number of ether oxygens (including phenoxy) is 1. The molecule has 1 N–H and O–H groups in total. The van der Waals surface area contributed by atoms with Gasteiger partial charge >= 0.3 is 0 Å².